The van der Waals surface area contributed by atoms with Crippen molar-refractivity contribution in [3.63, 3.8) is 0 Å². The quantitative estimate of drug-likeness (QED) is 0.805. The van der Waals surface area contributed by atoms with E-state index in [4.69, 9.17) is 10.5 Å². The highest BCUT2D eigenvalue weighted by atomic mass is 32.1. The normalized spacial score (nSPS) is 11.2. The summed E-state index contributed by atoms with van der Waals surface area (Å²) in [5.41, 5.74) is 8.25. The van der Waals surface area contributed by atoms with Crippen LogP contribution in [0.15, 0.2) is 17.5 Å². The number of hydrogen-bond acceptors (Lipinski definition) is 5. The molecule has 0 amide bonds. The molecule has 110 valence electrons. The average molecular weight is 306 g/mol. The largest absolute Gasteiger partial charge is 0.494 e. The number of imidazole rings is 1. The molecule has 0 saturated carbocycles. The maximum atomic E-state index is 13.7. The molecule has 0 atom stereocenters. The van der Waals surface area contributed by atoms with Gasteiger partial charge in [-0.2, -0.15) is 0 Å². The fourth-order valence-electron chi connectivity index (χ4n) is 2.29. The van der Waals surface area contributed by atoms with E-state index in [1.807, 2.05) is 16.9 Å². The highest BCUT2D eigenvalue weighted by Gasteiger charge is 2.13. The summed E-state index contributed by atoms with van der Waals surface area (Å²) in [4.78, 5) is 8.62. The zero-order valence-corrected chi connectivity index (χ0v) is 12.6. The Hall–Kier alpha value is -2.15. The lowest BCUT2D eigenvalue weighted by atomic mass is 10.2. The Morgan fingerprint density at radius 3 is 2.86 bits per heavy atom. The molecule has 2 aromatic heterocycles. The molecule has 3 rings (SSSR count). The van der Waals surface area contributed by atoms with E-state index in [2.05, 4.69) is 9.97 Å². The molecule has 0 unspecified atom stereocenters. The van der Waals surface area contributed by atoms with Gasteiger partial charge >= 0.3 is 0 Å². The number of hydrogen-bond donors (Lipinski definition) is 1. The number of fused-ring (bicyclic) bond motifs is 1. The third-order valence-electron chi connectivity index (χ3n) is 3.31. The first kappa shape index (κ1) is 13.8. The van der Waals surface area contributed by atoms with Crippen LogP contribution in [0.1, 0.15) is 10.7 Å². The summed E-state index contributed by atoms with van der Waals surface area (Å²) in [6.45, 7) is 2.61. The van der Waals surface area contributed by atoms with Crippen LogP contribution in [0.25, 0.3) is 11.0 Å². The van der Waals surface area contributed by atoms with Crippen LogP contribution in [-0.2, 0) is 13.0 Å². The van der Waals surface area contributed by atoms with Crippen LogP contribution < -0.4 is 10.5 Å². The molecule has 0 radical (unpaired) electrons. The molecular formula is C14H15FN4OS. The smallest absolute Gasteiger partial charge is 0.201 e. The van der Waals surface area contributed by atoms with Gasteiger partial charge < -0.3 is 15.0 Å². The summed E-state index contributed by atoms with van der Waals surface area (Å²) in [7, 11) is 1.44. The zero-order chi connectivity index (χ0) is 15.0. The number of ether oxygens (including phenoxy) is 1. The Labute approximate surface area is 125 Å². The molecule has 21 heavy (non-hydrogen) atoms. The van der Waals surface area contributed by atoms with E-state index < -0.39 is 5.82 Å². The number of nitrogens with zero attached hydrogens (tertiary/aromatic N) is 3. The summed E-state index contributed by atoms with van der Waals surface area (Å²) in [6.07, 6.45) is 0.750. The molecule has 7 heteroatoms. The molecule has 2 N–H and O–H groups in total. The standard InChI is InChI=1S/C14H15FN4OS/c1-8-17-9(7-21-8)3-4-19-12-6-13(20-2)10(15)5-11(12)18-14(19)16/h5-7H,3-4H2,1-2H3,(H2,16,18). The number of aryl methyl sites for hydroxylation is 3. The first-order valence-electron chi connectivity index (χ1n) is 6.48. The van der Waals surface area contributed by atoms with Gasteiger partial charge in [0, 0.05) is 30.5 Å². The van der Waals surface area contributed by atoms with E-state index in [-0.39, 0.29) is 5.75 Å². The highest BCUT2D eigenvalue weighted by molar-refractivity contribution is 7.09. The molecule has 0 bridgehead atoms. The molecule has 0 aliphatic rings. The topological polar surface area (TPSA) is 66.0 Å². The molecule has 0 aliphatic heterocycles. The summed E-state index contributed by atoms with van der Waals surface area (Å²) >= 11 is 1.62. The molecular weight excluding hydrogens is 291 g/mol. The van der Waals surface area contributed by atoms with E-state index in [9.17, 15) is 4.39 Å². The number of nitrogen functional groups attached to an aromatic ring is 1. The second kappa shape index (κ2) is 5.33. The second-order valence-corrected chi connectivity index (χ2v) is 5.77. The molecule has 3 aromatic rings. The van der Waals surface area contributed by atoms with Crippen molar-refractivity contribution in [2.24, 2.45) is 0 Å². The van der Waals surface area contributed by atoms with E-state index in [0.717, 1.165) is 22.6 Å². The Morgan fingerprint density at radius 2 is 2.19 bits per heavy atom. The summed E-state index contributed by atoms with van der Waals surface area (Å²) < 4.78 is 20.6. The van der Waals surface area contributed by atoms with Crippen molar-refractivity contribution in [2.75, 3.05) is 12.8 Å². The third-order valence-corrected chi connectivity index (χ3v) is 4.13. The monoisotopic (exact) mass is 306 g/mol. The predicted molar refractivity (Wildman–Crippen MR) is 81.2 cm³/mol. The lowest BCUT2D eigenvalue weighted by Crippen LogP contribution is -2.06. The van der Waals surface area contributed by atoms with Crippen LogP contribution in [0.4, 0.5) is 10.3 Å². The van der Waals surface area contributed by atoms with Crippen LogP contribution in [0.2, 0.25) is 0 Å². The van der Waals surface area contributed by atoms with Crippen molar-refractivity contribution in [1.82, 2.24) is 14.5 Å². The van der Waals surface area contributed by atoms with Gasteiger partial charge in [0.1, 0.15) is 0 Å². The maximum Gasteiger partial charge on any atom is 0.201 e. The van der Waals surface area contributed by atoms with E-state index in [1.165, 1.54) is 13.2 Å². The van der Waals surface area contributed by atoms with Gasteiger partial charge in [0.2, 0.25) is 5.95 Å². The number of thiazole rings is 1. The third kappa shape index (κ3) is 2.56. The second-order valence-electron chi connectivity index (χ2n) is 4.70. The molecule has 1 aromatic carbocycles. The molecule has 2 heterocycles. The van der Waals surface area contributed by atoms with Crippen LogP contribution in [0.3, 0.4) is 0 Å². The van der Waals surface area contributed by atoms with Crippen molar-refractivity contribution in [2.45, 2.75) is 19.9 Å². The predicted octanol–water partition coefficient (Wildman–Crippen LogP) is 2.77. The first-order chi connectivity index (χ1) is 10.1. The van der Waals surface area contributed by atoms with Gasteiger partial charge in [-0.25, -0.2) is 14.4 Å². The number of anilines is 1. The van der Waals surface area contributed by atoms with Gasteiger partial charge in [-0.15, -0.1) is 11.3 Å². The number of aromatic nitrogens is 3. The van der Waals surface area contributed by atoms with Crippen molar-refractivity contribution in [3.05, 3.63) is 34.0 Å². The summed E-state index contributed by atoms with van der Waals surface area (Å²) in [5.74, 6) is 0.113. The van der Waals surface area contributed by atoms with Crippen molar-refractivity contribution in [1.29, 1.82) is 0 Å². The van der Waals surface area contributed by atoms with Crippen LogP contribution in [-0.4, -0.2) is 21.6 Å². The Kier molecular flexibility index (Phi) is 3.50. The highest BCUT2D eigenvalue weighted by Crippen LogP contribution is 2.26. The van der Waals surface area contributed by atoms with E-state index >= 15 is 0 Å². The number of rotatable bonds is 4. The first-order valence-corrected chi connectivity index (χ1v) is 7.36. The number of methoxy groups -OCH3 is 1. The van der Waals surface area contributed by atoms with Crippen molar-refractivity contribution < 1.29 is 9.13 Å². The Bertz CT molecular complexity index is 796. The molecule has 0 spiro atoms. The SMILES string of the molecule is COc1cc2c(cc1F)nc(N)n2CCc1csc(C)n1. The fraction of sp³-hybridized carbons (Fsp3) is 0.286. The van der Waals surface area contributed by atoms with Gasteiger partial charge in [0.25, 0.3) is 0 Å². The van der Waals surface area contributed by atoms with Crippen molar-refractivity contribution >= 4 is 28.3 Å². The molecule has 0 saturated heterocycles. The zero-order valence-electron chi connectivity index (χ0n) is 11.8. The molecule has 0 aliphatic carbocycles. The van der Waals surface area contributed by atoms with Gasteiger partial charge in [-0.1, -0.05) is 0 Å². The van der Waals surface area contributed by atoms with Crippen LogP contribution in [0.5, 0.6) is 5.75 Å². The molecule has 5 nitrogen and oxygen atoms in total. The van der Waals surface area contributed by atoms with E-state index in [1.54, 1.807) is 17.4 Å². The van der Waals surface area contributed by atoms with Gasteiger partial charge in [-0.05, 0) is 6.92 Å². The number of halogens is 1. The molecule has 0 fully saturated rings. The summed E-state index contributed by atoms with van der Waals surface area (Å²) in [6, 6.07) is 2.97. The lowest BCUT2D eigenvalue weighted by molar-refractivity contribution is 0.387. The van der Waals surface area contributed by atoms with Crippen LogP contribution in [0, 0.1) is 12.7 Å². The minimum atomic E-state index is -0.440. The maximum absolute atomic E-state index is 13.7. The Morgan fingerprint density at radius 1 is 1.38 bits per heavy atom. The minimum Gasteiger partial charge on any atom is -0.494 e. The number of benzene rings is 1. The average Bonchev–Trinajstić information content (AvgIpc) is 2.98. The fourth-order valence-corrected chi connectivity index (χ4v) is 2.93. The van der Waals surface area contributed by atoms with Gasteiger partial charge in [0.05, 0.1) is 28.8 Å². The number of nitrogens with two attached hydrogens (primary N) is 1. The minimum absolute atomic E-state index is 0.188. The van der Waals surface area contributed by atoms with E-state index in [0.29, 0.717) is 18.0 Å². The van der Waals surface area contributed by atoms with Crippen LogP contribution >= 0.6 is 11.3 Å². The summed E-state index contributed by atoms with van der Waals surface area (Å²) in [5, 5.41) is 3.07. The Balaban J connectivity index is 1.95. The lowest BCUT2D eigenvalue weighted by Gasteiger charge is -2.06. The van der Waals surface area contributed by atoms with Crippen molar-refractivity contribution in [3.8, 4) is 5.75 Å². The van der Waals surface area contributed by atoms with Gasteiger partial charge in [0.15, 0.2) is 11.6 Å². The van der Waals surface area contributed by atoms with Gasteiger partial charge in [-0.3, -0.25) is 0 Å².